The summed E-state index contributed by atoms with van der Waals surface area (Å²) < 4.78 is 36.7. The van der Waals surface area contributed by atoms with Crippen LogP contribution in [0.3, 0.4) is 0 Å². The Morgan fingerprint density at radius 3 is 2.25 bits per heavy atom. The standard InChI is InChI=1S/C17H19NO5S/c1-13-3-5-14(6-4-13)11-18-24(20,21)16-9-7-15(8-10-16)23-12-17(19)22-2/h3-10,18H,11-12H2,1-2H3. The Balaban J connectivity index is 1.98. The molecule has 0 fully saturated rings. The van der Waals surface area contributed by atoms with Crippen LogP contribution in [-0.4, -0.2) is 28.1 Å². The molecule has 0 aliphatic heterocycles. The van der Waals surface area contributed by atoms with Gasteiger partial charge in [-0.3, -0.25) is 0 Å². The molecule has 2 aromatic carbocycles. The van der Waals surface area contributed by atoms with E-state index in [1.165, 1.54) is 31.4 Å². The summed E-state index contributed by atoms with van der Waals surface area (Å²) >= 11 is 0. The summed E-state index contributed by atoms with van der Waals surface area (Å²) in [6.45, 7) is 1.95. The van der Waals surface area contributed by atoms with Gasteiger partial charge in [0, 0.05) is 6.54 Å². The highest BCUT2D eigenvalue weighted by molar-refractivity contribution is 7.89. The fourth-order valence-corrected chi connectivity index (χ4v) is 2.90. The average molecular weight is 349 g/mol. The van der Waals surface area contributed by atoms with Gasteiger partial charge in [-0.05, 0) is 36.8 Å². The molecule has 0 heterocycles. The molecule has 0 aliphatic rings. The summed E-state index contributed by atoms with van der Waals surface area (Å²) in [6.07, 6.45) is 0. The Hall–Kier alpha value is -2.38. The fraction of sp³-hybridized carbons (Fsp3) is 0.235. The third-order valence-corrected chi connectivity index (χ3v) is 4.72. The van der Waals surface area contributed by atoms with Crippen molar-refractivity contribution in [2.24, 2.45) is 0 Å². The molecule has 0 aliphatic carbocycles. The van der Waals surface area contributed by atoms with Crippen LogP contribution in [0, 0.1) is 6.92 Å². The lowest BCUT2D eigenvalue weighted by molar-refractivity contribution is -0.142. The molecule has 2 rings (SSSR count). The zero-order valence-corrected chi connectivity index (χ0v) is 14.3. The van der Waals surface area contributed by atoms with E-state index in [1.807, 2.05) is 31.2 Å². The van der Waals surface area contributed by atoms with Crippen molar-refractivity contribution in [2.45, 2.75) is 18.4 Å². The van der Waals surface area contributed by atoms with Crippen LogP contribution >= 0.6 is 0 Å². The van der Waals surface area contributed by atoms with E-state index < -0.39 is 16.0 Å². The van der Waals surface area contributed by atoms with Gasteiger partial charge >= 0.3 is 5.97 Å². The van der Waals surface area contributed by atoms with E-state index in [0.717, 1.165) is 11.1 Å². The minimum atomic E-state index is -3.62. The van der Waals surface area contributed by atoms with Crippen LogP contribution in [0.1, 0.15) is 11.1 Å². The van der Waals surface area contributed by atoms with E-state index in [0.29, 0.717) is 5.75 Å². The van der Waals surface area contributed by atoms with E-state index in [9.17, 15) is 13.2 Å². The minimum Gasteiger partial charge on any atom is -0.482 e. The first-order valence-corrected chi connectivity index (χ1v) is 8.74. The van der Waals surface area contributed by atoms with Crippen LogP contribution in [0.5, 0.6) is 5.75 Å². The van der Waals surface area contributed by atoms with Crippen molar-refractivity contribution in [2.75, 3.05) is 13.7 Å². The topological polar surface area (TPSA) is 81.7 Å². The summed E-state index contributed by atoms with van der Waals surface area (Å²) in [4.78, 5) is 11.1. The predicted molar refractivity (Wildman–Crippen MR) is 89.2 cm³/mol. The molecule has 0 spiro atoms. The van der Waals surface area contributed by atoms with E-state index in [4.69, 9.17) is 4.74 Å². The van der Waals surface area contributed by atoms with E-state index in [1.54, 1.807) is 0 Å². The highest BCUT2D eigenvalue weighted by Crippen LogP contribution is 2.16. The first kappa shape index (κ1) is 18.0. The SMILES string of the molecule is COC(=O)COc1ccc(S(=O)(=O)NCc2ccc(C)cc2)cc1. The summed E-state index contributed by atoms with van der Waals surface area (Å²) in [6, 6.07) is 13.4. The van der Waals surface area contributed by atoms with Crippen LogP contribution in [0.25, 0.3) is 0 Å². The highest BCUT2D eigenvalue weighted by atomic mass is 32.2. The van der Waals surface area contributed by atoms with Crippen molar-refractivity contribution in [3.05, 3.63) is 59.7 Å². The minimum absolute atomic E-state index is 0.125. The number of sulfonamides is 1. The van der Waals surface area contributed by atoms with Crippen LogP contribution in [0.2, 0.25) is 0 Å². The lowest BCUT2D eigenvalue weighted by Crippen LogP contribution is -2.23. The molecule has 0 radical (unpaired) electrons. The number of benzene rings is 2. The maximum absolute atomic E-state index is 12.3. The lowest BCUT2D eigenvalue weighted by atomic mass is 10.2. The Morgan fingerprint density at radius 1 is 1.04 bits per heavy atom. The number of hydrogen-bond acceptors (Lipinski definition) is 5. The second-order valence-electron chi connectivity index (χ2n) is 5.15. The normalized spacial score (nSPS) is 11.1. The van der Waals surface area contributed by atoms with Gasteiger partial charge in [-0.25, -0.2) is 17.9 Å². The monoisotopic (exact) mass is 349 g/mol. The first-order valence-electron chi connectivity index (χ1n) is 7.25. The average Bonchev–Trinajstić information content (AvgIpc) is 2.59. The zero-order valence-electron chi connectivity index (χ0n) is 13.5. The number of methoxy groups -OCH3 is 1. The van der Waals surface area contributed by atoms with Gasteiger partial charge in [-0.15, -0.1) is 0 Å². The summed E-state index contributed by atoms with van der Waals surface area (Å²) in [5.74, 6) is -0.121. The third-order valence-electron chi connectivity index (χ3n) is 3.31. The summed E-state index contributed by atoms with van der Waals surface area (Å²) in [5, 5.41) is 0. The second-order valence-corrected chi connectivity index (χ2v) is 6.91. The molecule has 0 aromatic heterocycles. The molecule has 0 saturated carbocycles. The number of ether oxygens (including phenoxy) is 2. The third kappa shape index (κ3) is 5.07. The Kier molecular flexibility index (Phi) is 5.94. The van der Waals surface area contributed by atoms with Gasteiger partial charge in [0.25, 0.3) is 0 Å². The fourth-order valence-electron chi connectivity index (χ4n) is 1.88. The van der Waals surface area contributed by atoms with Crippen molar-refractivity contribution in [3.63, 3.8) is 0 Å². The molecular weight excluding hydrogens is 330 g/mol. The Morgan fingerprint density at radius 2 is 1.67 bits per heavy atom. The smallest absolute Gasteiger partial charge is 0.343 e. The van der Waals surface area contributed by atoms with Gasteiger partial charge in [-0.1, -0.05) is 29.8 Å². The predicted octanol–water partition coefficient (Wildman–Crippen LogP) is 2.03. The van der Waals surface area contributed by atoms with Crippen LogP contribution < -0.4 is 9.46 Å². The molecule has 0 saturated heterocycles. The molecule has 0 unspecified atom stereocenters. The van der Waals surface area contributed by atoms with E-state index in [-0.39, 0.29) is 18.0 Å². The van der Waals surface area contributed by atoms with Gasteiger partial charge in [0.1, 0.15) is 5.75 Å². The number of carbonyl (C=O) groups excluding carboxylic acids is 1. The van der Waals surface area contributed by atoms with Crippen LogP contribution in [0.4, 0.5) is 0 Å². The molecule has 24 heavy (non-hydrogen) atoms. The lowest BCUT2D eigenvalue weighted by Gasteiger charge is -2.09. The first-order chi connectivity index (χ1) is 11.4. The van der Waals surface area contributed by atoms with Gasteiger partial charge in [0.15, 0.2) is 6.61 Å². The molecule has 0 amide bonds. The van der Waals surface area contributed by atoms with Crippen LogP contribution in [-0.2, 0) is 26.1 Å². The maximum Gasteiger partial charge on any atom is 0.343 e. The molecule has 2 aromatic rings. The second kappa shape index (κ2) is 7.94. The molecule has 0 bridgehead atoms. The maximum atomic E-state index is 12.3. The molecule has 7 heteroatoms. The largest absolute Gasteiger partial charge is 0.482 e. The number of rotatable bonds is 7. The van der Waals surface area contributed by atoms with Crippen molar-refractivity contribution < 1.29 is 22.7 Å². The Labute approximate surface area is 141 Å². The quantitative estimate of drug-likeness (QED) is 0.774. The zero-order chi connectivity index (χ0) is 17.6. The van der Waals surface area contributed by atoms with Gasteiger partial charge < -0.3 is 9.47 Å². The number of carbonyl (C=O) groups is 1. The number of hydrogen-bond donors (Lipinski definition) is 1. The number of aryl methyl sites for hydroxylation is 1. The molecule has 6 nitrogen and oxygen atoms in total. The van der Waals surface area contributed by atoms with Gasteiger partial charge in [-0.2, -0.15) is 0 Å². The van der Waals surface area contributed by atoms with Crippen molar-refractivity contribution in [1.29, 1.82) is 0 Å². The van der Waals surface area contributed by atoms with Crippen molar-refractivity contribution in [1.82, 2.24) is 4.72 Å². The van der Waals surface area contributed by atoms with Crippen molar-refractivity contribution >= 4 is 16.0 Å². The molecule has 128 valence electrons. The highest BCUT2D eigenvalue weighted by Gasteiger charge is 2.14. The summed E-state index contributed by atoms with van der Waals surface area (Å²) in [5.41, 5.74) is 1.99. The van der Waals surface area contributed by atoms with Crippen LogP contribution in [0.15, 0.2) is 53.4 Å². The van der Waals surface area contributed by atoms with Gasteiger partial charge in [0.2, 0.25) is 10.0 Å². The van der Waals surface area contributed by atoms with Crippen molar-refractivity contribution in [3.8, 4) is 5.75 Å². The summed E-state index contributed by atoms with van der Waals surface area (Å²) in [7, 11) is -2.35. The number of nitrogens with one attached hydrogen (secondary N) is 1. The van der Waals surface area contributed by atoms with E-state index in [2.05, 4.69) is 9.46 Å². The van der Waals surface area contributed by atoms with Gasteiger partial charge in [0.05, 0.1) is 12.0 Å². The Bertz CT molecular complexity index is 783. The number of esters is 1. The molecule has 0 atom stereocenters. The molecular formula is C17H19NO5S. The van der Waals surface area contributed by atoms with E-state index >= 15 is 0 Å². The molecule has 1 N–H and O–H groups in total.